The first-order valence-electron chi connectivity index (χ1n) is 10.0. The summed E-state index contributed by atoms with van der Waals surface area (Å²) < 4.78 is 12.7. The smallest absolute Gasteiger partial charge is 0.170 e. The number of ether oxygens (including phenoxy) is 1. The Balaban J connectivity index is 1.76. The average Bonchev–Trinajstić information content (AvgIpc) is 3.08. The first-order chi connectivity index (χ1) is 14.4. The molecule has 1 heterocycles. The topological polar surface area (TPSA) is 52.3 Å². The van der Waals surface area contributed by atoms with Gasteiger partial charge in [-0.25, -0.2) is 0 Å². The number of ketones is 1. The highest BCUT2D eigenvalue weighted by Crippen LogP contribution is 2.31. The second-order valence-electron chi connectivity index (χ2n) is 7.43. The molecule has 4 nitrogen and oxygen atoms in total. The van der Waals surface area contributed by atoms with Crippen molar-refractivity contribution in [1.82, 2.24) is 5.16 Å². The molecule has 0 unspecified atom stereocenters. The molecule has 0 aliphatic carbocycles. The quantitative estimate of drug-likeness (QED) is 0.328. The van der Waals surface area contributed by atoms with E-state index in [0.29, 0.717) is 19.4 Å². The number of rotatable bonds is 9. The highest BCUT2D eigenvalue weighted by Gasteiger charge is 2.17. The number of Topliss-reactive ketones (excluding diaryl/α,β-unsaturated/α-hetero) is 1. The minimum Gasteiger partial charge on any atom is -0.489 e. The van der Waals surface area contributed by atoms with Crippen LogP contribution in [0, 0.1) is 6.92 Å². The third-order valence-corrected chi connectivity index (χ3v) is 5.50. The normalized spacial score (nSPS) is 11.5. The highest BCUT2D eigenvalue weighted by atomic mass is 79.9. The minimum absolute atomic E-state index is 0.208. The number of hydrogen-bond acceptors (Lipinski definition) is 4. The minimum atomic E-state index is 0.208. The van der Waals surface area contributed by atoms with Gasteiger partial charge in [0.1, 0.15) is 18.1 Å². The van der Waals surface area contributed by atoms with Crippen LogP contribution in [0.25, 0.3) is 11.3 Å². The Labute approximate surface area is 186 Å². The molecule has 0 N–H and O–H groups in total. The van der Waals surface area contributed by atoms with E-state index < -0.39 is 0 Å². The molecule has 0 spiro atoms. The zero-order valence-corrected chi connectivity index (χ0v) is 19.2. The molecule has 0 saturated heterocycles. The van der Waals surface area contributed by atoms with Gasteiger partial charge in [-0.05, 0) is 57.0 Å². The van der Waals surface area contributed by atoms with Crippen molar-refractivity contribution >= 4 is 21.7 Å². The summed E-state index contributed by atoms with van der Waals surface area (Å²) in [5.74, 6) is 1.84. The van der Waals surface area contributed by atoms with Gasteiger partial charge in [0.2, 0.25) is 0 Å². The number of aryl methyl sites for hydroxylation is 1. The van der Waals surface area contributed by atoms with Gasteiger partial charge in [0.25, 0.3) is 0 Å². The third-order valence-electron chi connectivity index (χ3n) is 4.97. The van der Waals surface area contributed by atoms with E-state index in [0.717, 1.165) is 50.4 Å². The van der Waals surface area contributed by atoms with Gasteiger partial charge in [0.05, 0.1) is 5.69 Å². The molecule has 2 aromatic carbocycles. The summed E-state index contributed by atoms with van der Waals surface area (Å²) in [5.41, 5.74) is 5.17. The van der Waals surface area contributed by atoms with Gasteiger partial charge in [-0.15, -0.1) is 0 Å². The van der Waals surface area contributed by atoms with Crippen LogP contribution in [0.1, 0.15) is 43.5 Å². The Kier molecular flexibility index (Phi) is 7.63. The van der Waals surface area contributed by atoms with Crippen LogP contribution in [-0.2, 0) is 11.2 Å². The maximum absolute atomic E-state index is 11.1. The number of carbonyl (C=O) groups is 1. The van der Waals surface area contributed by atoms with Crippen LogP contribution >= 0.6 is 15.9 Å². The fraction of sp³-hybridized carbons (Fsp3) is 0.280. The number of halogens is 1. The number of hydrogen-bond donors (Lipinski definition) is 0. The summed E-state index contributed by atoms with van der Waals surface area (Å²) in [6.45, 7) is 6.09. The molecular weight excluding hydrogens is 442 g/mol. The van der Waals surface area contributed by atoms with E-state index in [2.05, 4.69) is 27.2 Å². The van der Waals surface area contributed by atoms with E-state index in [1.165, 1.54) is 0 Å². The van der Waals surface area contributed by atoms with E-state index in [-0.39, 0.29) is 5.78 Å². The third kappa shape index (κ3) is 5.92. The van der Waals surface area contributed by atoms with Crippen molar-refractivity contribution in [3.63, 3.8) is 0 Å². The average molecular weight is 468 g/mol. The number of carbonyl (C=O) groups excluding carboxylic acids is 1. The van der Waals surface area contributed by atoms with Gasteiger partial charge >= 0.3 is 0 Å². The van der Waals surface area contributed by atoms with Crippen molar-refractivity contribution in [3.8, 4) is 17.1 Å². The first kappa shape index (κ1) is 22.0. The lowest BCUT2D eigenvalue weighted by Crippen LogP contribution is -2.00. The largest absolute Gasteiger partial charge is 0.489 e. The molecule has 3 aromatic rings. The maximum Gasteiger partial charge on any atom is 0.170 e. The predicted molar refractivity (Wildman–Crippen MR) is 123 cm³/mol. The van der Waals surface area contributed by atoms with Gasteiger partial charge in [-0.1, -0.05) is 57.0 Å². The van der Waals surface area contributed by atoms with Crippen LogP contribution in [0.3, 0.4) is 0 Å². The van der Waals surface area contributed by atoms with E-state index >= 15 is 0 Å². The molecule has 0 saturated carbocycles. The van der Waals surface area contributed by atoms with Crippen LogP contribution < -0.4 is 4.74 Å². The van der Waals surface area contributed by atoms with E-state index in [9.17, 15) is 4.79 Å². The van der Waals surface area contributed by atoms with Crippen molar-refractivity contribution in [3.05, 3.63) is 81.5 Å². The Hall–Kier alpha value is -2.66. The summed E-state index contributed by atoms with van der Waals surface area (Å²) in [5, 5.41) is 4.20. The molecule has 0 fully saturated rings. The van der Waals surface area contributed by atoms with Crippen LogP contribution in [0.2, 0.25) is 0 Å². The highest BCUT2D eigenvalue weighted by molar-refractivity contribution is 9.10. The van der Waals surface area contributed by atoms with Crippen LogP contribution in [0.15, 0.2) is 69.2 Å². The lowest BCUT2D eigenvalue weighted by Gasteiger charge is -2.11. The van der Waals surface area contributed by atoms with Crippen LogP contribution in [0.5, 0.6) is 5.75 Å². The second-order valence-corrected chi connectivity index (χ2v) is 8.35. The molecule has 0 atom stereocenters. The zero-order chi connectivity index (χ0) is 21.5. The Morgan fingerprint density at radius 2 is 1.83 bits per heavy atom. The van der Waals surface area contributed by atoms with Crippen molar-refractivity contribution in [2.75, 3.05) is 6.61 Å². The second kappa shape index (κ2) is 10.4. The summed E-state index contributed by atoms with van der Waals surface area (Å²) in [6, 6.07) is 16.1. The van der Waals surface area contributed by atoms with Crippen molar-refractivity contribution in [1.29, 1.82) is 0 Å². The van der Waals surface area contributed by atoms with Gasteiger partial charge in [0.15, 0.2) is 5.76 Å². The molecule has 0 aliphatic heterocycles. The number of benzene rings is 2. The van der Waals surface area contributed by atoms with Crippen LogP contribution in [-0.4, -0.2) is 17.5 Å². The molecule has 3 rings (SSSR count). The molecule has 1 aromatic heterocycles. The molecule has 0 bridgehead atoms. The van der Waals surface area contributed by atoms with E-state index in [1.807, 2.05) is 62.4 Å². The van der Waals surface area contributed by atoms with Crippen molar-refractivity contribution in [2.24, 2.45) is 0 Å². The molecule has 156 valence electrons. The Morgan fingerprint density at radius 3 is 2.57 bits per heavy atom. The monoisotopic (exact) mass is 467 g/mol. The van der Waals surface area contributed by atoms with Crippen molar-refractivity contribution < 1.29 is 14.1 Å². The Bertz CT molecular complexity index is 1030. The molecular formula is C25H26BrNO3. The summed E-state index contributed by atoms with van der Waals surface area (Å²) in [7, 11) is 0. The van der Waals surface area contributed by atoms with E-state index in [1.54, 1.807) is 6.92 Å². The van der Waals surface area contributed by atoms with E-state index in [4.69, 9.17) is 9.26 Å². The molecule has 5 heteroatoms. The predicted octanol–water partition coefficient (Wildman–Crippen LogP) is 6.70. The standard InChI is InChI=1S/C25H26BrNO3/c1-17(8-9-18(2)28)14-15-29-24-7-5-4-6-21(24)16-23-19(3)27-30-25(23)20-10-12-22(26)13-11-20/h4-7,10-14H,8-9,15-16H2,1-3H3/b17-14+. The first-order valence-corrected chi connectivity index (χ1v) is 10.8. The molecule has 0 amide bonds. The molecule has 0 aliphatic rings. The fourth-order valence-electron chi connectivity index (χ4n) is 3.16. The lowest BCUT2D eigenvalue weighted by atomic mass is 9.99. The van der Waals surface area contributed by atoms with Gasteiger partial charge in [-0.3, -0.25) is 0 Å². The maximum atomic E-state index is 11.1. The van der Waals surface area contributed by atoms with Crippen molar-refractivity contribution in [2.45, 2.75) is 40.0 Å². The Morgan fingerprint density at radius 1 is 1.10 bits per heavy atom. The fourth-order valence-corrected chi connectivity index (χ4v) is 3.42. The number of nitrogens with zero attached hydrogens (tertiary/aromatic N) is 1. The summed E-state index contributed by atoms with van der Waals surface area (Å²) in [4.78, 5) is 11.1. The summed E-state index contributed by atoms with van der Waals surface area (Å²) >= 11 is 3.47. The number of allylic oxidation sites excluding steroid dienone is 1. The van der Waals surface area contributed by atoms with Gasteiger partial charge in [0, 0.05) is 28.4 Å². The SMILES string of the molecule is CC(=O)CC/C(C)=C/COc1ccccc1Cc1c(C)noc1-c1ccc(Br)cc1. The van der Waals surface area contributed by atoms with Gasteiger partial charge < -0.3 is 14.1 Å². The number of para-hydroxylation sites is 1. The summed E-state index contributed by atoms with van der Waals surface area (Å²) in [6.07, 6.45) is 4.06. The lowest BCUT2D eigenvalue weighted by molar-refractivity contribution is -0.116. The van der Waals surface area contributed by atoms with Gasteiger partial charge in [-0.2, -0.15) is 0 Å². The zero-order valence-electron chi connectivity index (χ0n) is 17.6. The van der Waals surface area contributed by atoms with Crippen LogP contribution in [0.4, 0.5) is 0 Å². The number of aromatic nitrogens is 1. The molecule has 0 radical (unpaired) electrons. The molecule has 30 heavy (non-hydrogen) atoms.